The molecule has 2 rings (SSSR count). The molecular weight excluding hydrogens is 250 g/mol. The standard InChI is InChI=1S/C14H18ClNO2/c15-11-6-7-13(12(10-11)14(17)18)16-8-4-2-1-3-5-9-16/h6-7,10H,1-5,8-9H2,(H,17,18). The first-order chi connectivity index (χ1) is 8.68. The lowest BCUT2D eigenvalue weighted by Gasteiger charge is -2.28. The van der Waals surface area contributed by atoms with Crippen molar-refractivity contribution >= 4 is 23.3 Å². The van der Waals surface area contributed by atoms with Gasteiger partial charge < -0.3 is 10.0 Å². The van der Waals surface area contributed by atoms with Crippen molar-refractivity contribution in [3.8, 4) is 0 Å². The van der Waals surface area contributed by atoms with Crippen molar-refractivity contribution in [2.45, 2.75) is 32.1 Å². The average Bonchev–Trinajstić information content (AvgIpc) is 2.29. The summed E-state index contributed by atoms with van der Waals surface area (Å²) < 4.78 is 0. The average molecular weight is 268 g/mol. The van der Waals surface area contributed by atoms with Gasteiger partial charge in [-0.15, -0.1) is 0 Å². The fraction of sp³-hybridized carbons (Fsp3) is 0.500. The molecule has 18 heavy (non-hydrogen) atoms. The molecule has 1 fully saturated rings. The van der Waals surface area contributed by atoms with E-state index in [9.17, 15) is 9.90 Å². The second-order valence-corrected chi connectivity index (χ2v) is 5.16. The van der Waals surface area contributed by atoms with E-state index in [-0.39, 0.29) is 0 Å². The van der Waals surface area contributed by atoms with Gasteiger partial charge in [-0.05, 0) is 31.0 Å². The van der Waals surface area contributed by atoms with Gasteiger partial charge in [-0.25, -0.2) is 4.79 Å². The molecule has 1 N–H and O–H groups in total. The van der Waals surface area contributed by atoms with Crippen LogP contribution < -0.4 is 4.90 Å². The van der Waals surface area contributed by atoms with Gasteiger partial charge in [0, 0.05) is 18.1 Å². The van der Waals surface area contributed by atoms with E-state index in [1.807, 2.05) is 6.07 Å². The predicted octanol–water partition coefficient (Wildman–Crippen LogP) is 3.81. The zero-order chi connectivity index (χ0) is 13.0. The van der Waals surface area contributed by atoms with Crippen LogP contribution in [0.4, 0.5) is 5.69 Å². The highest BCUT2D eigenvalue weighted by atomic mass is 35.5. The molecule has 0 aromatic heterocycles. The number of carboxylic acids is 1. The monoisotopic (exact) mass is 267 g/mol. The minimum absolute atomic E-state index is 0.308. The number of nitrogens with zero attached hydrogens (tertiary/aromatic N) is 1. The lowest BCUT2D eigenvalue weighted by Crippen LogP contribution is -2.28. The molecule has 0 spiro atoms. The number of rotatable bonds is 2. The molecule has 0 atom stereocenters. The lowest BCUT2D eigenvalue weighted by molar-refractivity contribution is 0.0697. The van der Waals surface area contributed by atoms with Gasteiger partial charge in [-0.3, -0.25) is 0 Å². The Bertz CT molecular complexity index is 426. The van der Waals surface area contributed by atoms with E-state index in [0.717, 1.165) is 31.6 Å². The summed E-state index contributed by atoms with van der Waals surface area (Å²) in [6, 6.07) is 5.13. The number of hydrogen-bond donors (Lipinski definition) is 1. The predicted molar refractivity (Wildman–Crippen MR) is 73.7 cm³/mol. The van der Waals surface area contributed by atoms with E-state index >= 15 is 0 Å². The smallest absolute Gasteiger partial charge is 0.337 e. The van der Waals surface area contributed by atoms with Crippen molar-refractivity contribution in [1.82, 2.24) is 0 Å². The van der Waals surface area contributed by atoms with Crippen LogP contribution in [0.25, 0.3) is 0 Å². The van der Waals surface area contributed by atoms with Gasteiger partial charge in [0.25, 0.3) is 0 Å². The molecule has 0 radical (unpaired) electrons. The van der Waals surface area contributed by atoms with Crippen molar-refractivity contribution < 1.29 is 9.90 Å². The highest BCUT2D eigenvalue weighted by molar-refractivity contribution is 6.31. The van der Waals surface area contributed by atoms with Gasteiger partial charge in [0.05, 0.1) is 11.3 Å². The van der Waals surface area contributed by atoms with Gasteiger partial charge in [-0.2, -0.15) is 0 Å². The molecule has 1 aromatic rings. The van der Waals surface area contributed by atoms with Crippen LogP contribution in [-0.4, -0.2) is 24.2 Å². The fourth-order valence-electron chi connectivity index (χ4n) is 2.44. The van der Waals surface area contributed by atoms with E-state index in [0.29, 0.717) is 10.6 Å². The van der Waals surface area contributed by atoms with Crippen LogP contribution in [0.15, 0.2) is 18.2 Å². The van der Waals surface area contributed by atoms with Crippen LogP contribution in [0, 0.1) is 0 Å². The molecule has 1 aliphatic heterocycles. The molecule has 3 nitrogen and oxygen atoms in total. The Kier molecular flexibility index (Phi) is 4.48. The quantitative estimate of drug-likeness (QED) is 0.886. The Labute approximate surface area is 112 Å². The first kappa shape index (κ1) is 13.2. The maximum atomic E-state index is 11.3. The molecule has 0 saturated carbocycles. The van der Waals surface area contributed by atoms with Gasteiger partial charge in [-0.1, -0.05) is 30.9 Å². The zero-order valence-electron chi connectivity index (χ0n) is 10.4. The maximum Gasteiger partial charge on any atom is 0.337 e. The highest BCUT2D eigenvalue weighted by Gasteiger charge is 2.17. The third-order valence-electron chi connectivity index (χ3n) is 3.39. The van der Waals surface area contributed by atoms with Gasteiger partial charge in [0.1, 0.15) is 0 Å². The van der Waals surface area contributed by atoms with E-state index in [1.54, 1.807) is 6.07 Å². The van der Waals surface area contributed by atoms with Gasteiger partial charge in [0.15, 0.2) is 0 Å². The number of carboxylic acid groups (broad SMARTS) is 1. The fourth-order valence-corrected chi connectivity index (χ4v) is 2.62. The second-order valence-electron chi connectivity index (χ2n) is 4.72. The normalized spacial score (nSPS) is 17.1. The molecule has 1 saturated heterocycles. The molecule has 0 amide bonds. The summed E-state index contributed by atoms with van der Waals surface area (Å²) >= 11 is 5.88. The summed E-state index contributed by atoms with van der Waals surface area (Å²) in [4.78, 5) is 13.5. The molecular formula is C14H18ClNO2. The Morgan fingerprint density at radius 2 is 1.72 bits per heavy atom. The van der Waals surface area contributed by atoms with Crippen molar-refractivity contribution in [1.29, 1.82) is 0 Å². The van der Waals surface area contributed by atoms with Crippen LogP contribution >= 0.6 is 11.6 Å². The van der Waals surface area contributed by atoms with Crippen LogP contribution in [0.5, 0.6) is 0 Å². The minimum Gasteiger partial charge on any atom is -0.478 e. The molecule has 98 valence electrons. The number of halogens is 1. The van der Waals surface area contributed by atoms with Gasteiger partial charge in [0.2, 0.25) is 0 Å². The van der Waals surface area contributed by atoms with E-state index < -0.39 is 5.97 Å². The van der Waals surface area contributed by atoms with Crippen molar-refractivity contribution in [3.63, 3.8) is 0 Å². The Balaban J connectivity index is 2.27. The number of anilines is 1. The van der Waals surface area contributed by atoms with Crippen molar-refractivity contribution in [2.75, 3.05) is 18.0 Å². The lowest BCUT2D eigenvalue weighted by atomic mass is 10.1. The third kappa shape index (κ3) is 3.16. The number of benzene rings is 1. The summed E-state index contributed by atoms with van der Waals surface area (Å²) in [5.41, 5.74) is 1.11. The third-order valence-corrected chi connectivity index (χ3v) is 3.62. The van der Waals surface area contributed by atoms with Crippen LogP contribution in [0.3, 0.4) is 0 Å². The summed E-state index contributed by atoms with van der Waals surface area (Å²) in [5, 5.41) is 9.74. The topological polar surface area (TPSA) is 40.5 Å². The van der Waals surface area contributed by atoms with Crippen LogP contribution in [-0.2, 0) is 0 Å². The van der Waals surface area contributed by atoms with Crippen LogP contribution in [0.1, 0.15) is 42.5 Å². The molecule has 1 aliphatic rings. The largest absolute Gasteiger partial charge is 0.478 e. The van der Waals surface area contributed by atoms with Crippen LogP contribution in [0.2, 0.25) is 5.02 Å². The SMILES string of the molecule is O=C(O)c1cc(Cl)ccc1N1CCCCCCC1. The summed E-state index contributed by atoms with van der Waals surface area (Å²) in [7, 11) is 0. The summed E-state index contributed by atoms with van der Waals surface area (Å²) in [6.07, 6.45) is 6.00. The molecule has 1 heterocycles. The highest BCUT2D eigenvalue weighted by Crippen LogP contribution is 2.26. The van der Waals surface area contributed by atoms with E-state index in [2.05, 4.69) is 4.90 Å². The summed E-state index contributed by atoms with van der Waals surface area (Å²) in [6.45, 7) is 1.86. The first-order valence-corrected chi connectivity index (χ1v) is 6.84. The molecule has 0 unspecified atom stereocenters. The molecule has 0 bridgehead atoms. The molecule has 4 heteroatoms. The Morgan fingerprint density at radius 1 is 1.11 bits per heavy atom. The number of carbonyl (C=O) groups is 1. The molecule has 0 aliphatic carbocycles. The van der Waals surface area contributed by atoms with Crippen molar-refractivity contribution in [2.24, 2.45) is 0 Å². The van der Waals surface area contributed by atoms with E-state index in [1.165, 1.54) is 25.3 Å². The maximum absolute atomic E-state index is 11.3. The molecule has 1 aromatic carbocycles. The first-order valence-electron chi connectivity index (χ1n) is 6.46. The second kappa shape index (κ2) is 6.10. The van der Waals surface area contributed by atoms with E-state index in [4.69, 9.17) is 11.6 Å². The van der Waals surface area contributed by atoms with Crippen molar-refractivity contribution in [3.05, 3.63) is 28.8 Å². The summed E-state index contributed by atoms with van der Waals surface area (Å²) in [5.74, 6) is -0.908. The number of aromatic carboxylic acids is 1. The Hall–Kier alpha value is -1.22. The minimum atomic E-state index is -0.908. The van der Waals surface area contributed by atoms with Gasteiger partial charge >= 0.3 is 5.97 Å². The Morgan fingerprint density at radius 3 is 2.33 bits per heavy atom. The number of hydrogen-bond acceptors (Lipinski definition) is 2. The zero-order valence-corrected chi connectivity index (χ0v) is 11.1.